The van der Waals surface area contributed by atoms with Gasteiger partial charge in [-0.2, -0.15) is 0 Å². The Morgan fingerprint density at radius 2 is 1.83 bits per heavy atom. The number of carbonyl (C=O) groups excluding carboxylic acids is 4. The number of hydrogen-bond donors (Lipinski definition) is 3. The largest absolute Gasteiger partial charge is 0.461 e. The highest BCUT2D eigenvalue weighted by Gasteiger charge is 2.45. The van der Waals surface area contributed by atoms with Crippen molar-refractivity contribution in [2.75, 3.05) is 32.0 Å². The lowest BCUT2D eigenvalue weighted by molar-refractivity contribution is -0.143. The minimum absolute atomic E-state index is 0.138. The van der Waals surface area contributed by atoms with Crippen molar-refractivity contribution in [3.8, 4) is 0 Å². The van der Waals surface area contributed by atoms with Gasteiger partial charge in [0.25, 0.3) is 0 Å². The van der Waals surface area contributed by atoms with Gasteiger partial charge in [0.2, 0.25) is 17.7 Å². The van der Waals surface area contributed by atoms with E-state index in [1.165, 1.54) is 6.92 Å². The highest BCUT2D eigenvalue weighted by atomic mass is 16.5. The molecule has 3 amide bonds. The third-order valence-electron chi connectivity index (χ3n) is 4.85. The zero-order valence-corrected chi connectivity index (χ0v) is 17.0. The number of amides is 3. The van der Waals surface area contributed by atoms with E-state index < -0.39 is 5.54 Å². The fourth-order valence-electron chi connectivity index (χ4n) is 3.27. The normalized spacial score (nSPS) is 18.2. The Hall–Kier alpha value is -2.94. The van der Waals surface area contributed by atoms with Gasteiger partial charge in [-0.05, 0) is 44.5 Å². The van der Waals surface area contributed by atoms with Gasteiger partial charge in [0.05, 0.1) is 13.1 Å². The number of nitrogens with one attached hydrogen (secondary N) is 3. The molecule has 1 fully saturated rings. The average molecular weight is 404 g/mol. The zero-order chi connectivity index (χ0) is 21.4. The van der Waals surface area contributed by atoms with Crippen molar-refractivity contribution in [3.05, 3.63) is 29.8 Å². The summed E-state index contributed by atoms with van der Waals surface area (Å²) in [4.78, 5) is 49.5. The zero-order valence-electron chi connectivity index (χ0n) is 17.0. The van der Waals surface area contributed by atoms with Gasteiger partial charge >= 0.3 is 5.97 Å². The first-order chi connectivity index (χ1) is 13.8. The Bertz CT molecular complexity index is 765. The van der Waals surface area contributed by atoms with Crippen molar-refractivity contribution in [3.63, 3.8) is 0 Å². The van der Waals surface area contributed by atoms with Crippen LogP contribution in [0.3, 0.4) is 0 Å². The molecule has 1 aliphatic rings. The summed E-state index contributed by atoms with van der Waals surface area (Å²) in [5, 5.41) is 8.13. The van der Waals surface area contributed by atoms with Gasteiger partial charge in [-0.25, -0.2) is 0 Å². The number of benzene rings is 1. The highest BCUT2D eigenvalue weighted by molar-refractivity contribution is 5.97. The van der Waals surface area contributed by atoms with E-state index in [0.717, 1.165) is 12.0 Å². The van der Waals surface area contributed by atoms with E-state index in [1.807, 2.05) is 0 Å². The number of esters is 1. The lowest BCUT2D eigenvalue weighted by Gasteiger charge is -2.33. The lowest BCUT2D eigenvalue weighted by Crippen LogP contribution is -2.57. The molecule has 0 saturated carbocycles. The molecule has 0 bridgehead atoms. The Morgan fingerprint density at radius 3 is 2.45 bits per heavy atom. The van der Waals surface area contributed by atoms with Crippen LogP contribution in [-0.4, -0.2) is 60.8 Å². The van der Waals surface area contributed by atoms with E-state index in [2.05, 4.69) is 16.0 Å². The van der Waals surface area contributed by atoms with Crippen LogP contribution < -0.4 is 16.0 Å². The van der Waals surface area contributed by atoms with Crippen LogP contribution in [0.4, 0.5) is 5.69 Å². The molecule has 1 atom stereocenters. The Balaban J connectivity index is 1.86. The molecule has 2 rings (SSSR count). The second kappa shape index (κ2) is 10.0. The molecule has 9 nitrogen and oxygen atoms in total. The van der Waals surface area contributed by atoms with Gasteiger partial charge in [0.1, 0.15) is 12.1 Å². The number of rotatable bonds is 8. The van der Waals surface area contributed by atoms with E-state index in [-0.39, 0.29) is 43.4 Å². The van der Waals surface area contributed by atoms with E-state index >= 15 is 0 Å². The van der Waals surface area contributed by atoms with Gasteiger partial charge < -0.3 is 25.6 Å². The van der Waals surface area contributed by atoms with E-state index in [4.69, 9.17) is 4.74 Å². The van der Waals surface area contributed by atoms with Crippen LogP contribution in [0.1, 0.15) is 32.3 Å². The van der Waals surface area contributed by atoms with Gasteiger partial charge in [-0.1, -0.05) is 12.1 Å². The SMILES string of the molecule is CNCC(=O)N1CCCC1(C)C(=O)NCC(=O)Nc1ccc(COC(C)=O)cc1. The van der Waals surface area contributed by atoms with Crippen LogP contribution >= 0.6 is 0 Å². The van der Waals surface area contributed by atoms with Crippen LogP contribution in [-0.2, 0) is 30.5 Å². The number of nitrogens with zero attached hydrogens (tertiary/aromatic N) is 1. The summed E-state index contributed by atoms with van der Waals surface area (Å²) >= 11 is 0. The number of likely N-dealkylation sites (N-methyl/N-ethyl adjacent to an activating group) is 1. The minimum atomic E-state index is -0.952. The molecule has 1 saturated heterocycles. The smallest absolute Gasteiger partial charge is 0.302 e. The second-order valence-corrected chi connectivity index (χ2v) is 7.16. The average Bonchev–Trinajstić information content (AvgIpc) is 3.08. The van der Waals surface area contributed by atoms with Gasteiger partial charge in [0.15, 0.2) is 0 Å². The predicted octanol–water partition coefficient (Wildman–Crippen LogP) is 0.405. The van der Waals surface area contributed by atoms with E-state index in [0.29, 0.717) is 18.7 Å². The molecule has 3 N–H and O–H groups in total. The monoisotopic (exact) mass is 404 g/mol. The predicted molar refractivity (Wildman–Crippen MR) is 107 cm³/mol. The molecule has 29 heavy (non-hydrogen) atoms. The molecular formula is C20H28N4O5. The molecule has 0 aromatic heterocycles. The fourth-order valence-corrected chi connectivity index (χ4v) is 3.27. The third kappa shape index (κ3) is 6.02. The minimum Gasteiger partial charge on any atom is -0.461 e. The van der Waals surface area contributed by atoms with E-state index in [1.54, 1.807) is 43.1 Å². The number of likely N-dealkylation sites (tertiary alicyclic amines) is 1. The van der Waals surface area contributed by atoms with Crippen LogP contribution in [0, 0.1) is 0 Å². The summed E-state index contributed by atoms with van der Waals surface area (Å²) in [7, 11) is 1.68. The summed E-state index contributed by atoms with van der Waals surface area (Å²) in [5.74, 6) is -1.21. The van der Waals surface area contributed by atoms with Crippen LogP contribution in [0.2, 0.25) is 0 Å². The standard InChI is InChI=1S/C20H28N4O5/c1-14(25)29-13-15-5-7-16(8-6-15)23-17(26)11-22-19(28)20(2)9-4-10-24(20)18(27)12-21-3/h5-8,21H,4,9-13H2,1-3H3,(H,22,28)(H,23,26). The number of ether oxygens (including phenoxy) is 1. The summed E-state index contributed by atoms with van der Waals surface area (Å²) in [5.41, 5.74) is 0.410. The maximum Gasteiger partial charge on any atom is 0.302 e. The molecule has 9 heteroatoms. The molecule has 1 aromatic rings. The molecule has 0 spiro atoms. The second-order valence-electron chi connectivity index (χ2n) is 7.16. The van der Waals surface area contributed by atoms with Crippen LogP contribution in [0.15, 0.2) is 24.3 Å². The maximum absolute atomic E-state index is 12.7. The number of hydrogen-bond acceptors (Lipinski definition) is 6. The lowest BCUT2D eigenvalue weighted by atomic mass is 9.97. The molecule has 158 valence electrons. The van der Waals surface area contributed by atoms with Crippen molar-refractivity contribution in [2.24, 2.45) is 0 Å². The topological polar surface area (TPSA) is 117 Å². The molecule has 0 radical (unpaired) electrons. The Morgan fingerprint density at radius 1 is 1.14 bits per heavy atom. The maximum atomic E-state index is 12.7. The number of carbonyl (C=O) groups is 4. The van der Waals surface area contributed by atoms with E-state index in [9.17, 15) is 19.2 Å². The van der Waals surface area contributed by atoms with Gasteiger partial charge in [-0.15, -0.1) is 0 Å². The first kappa shape index (κ1) is 22.4. The molecular weight excluding hydrogens is 376 g/mol. The van der Waals surface area contributed by atoms with Crippen molar-refractivity contribution in [2.45, 2.75) is 38.8 Å². The highest BCUT2D eigenvalue weighted by Crippen LogP contribution is 2.29. The van der Waals surface area contributed by atoms with Crippen LogP contribution in [0.5, 0.6) is 0 Å². The van der Waals surface area contributed by atoms with Gasteiger partial charge in [-0.3, -0.25) is 19.2 Å². The molecule has 1 aromatic carbocycles. The summed E-state index contributed by atoms with van der Waals surface area (Å²) < 4.78 is 4.91. The Labute approximate surface area is 170 Å². The van der Waals surface area contributed by atoms with Crippen molar-refractivity contribution in [1.29, 1.82) is 0 Å². The van der Waals surface area contributed by atoms with Crippen molar-refractivity contribution in [1.82, 2.24) is 15.5 Å². The molecule has 0 aliphatic carbocycles. The summed E-state index contributed by atoms with van der Waals surface area (Å²) in [6.07, 6.45) is 1.30. The quantitative estimate of drug-likeness (QED) is 0.540. The molecule has 1 unspecified atom stereocenters. The first-order valence-corrected chi connectivity index (χ1v) is 9.52. The summed E-state index contributed by atoms with van der Waals surface area (Å²) in [6.45, 7) is 3.72. The third-order valence-corrected chi connectivity index (χ3v) is 4.85. The van der Waals surface area contributed by atoms with Gasteiger partial charge in [0, 0.05) is 19.2 Å². The Kier molecular flexibility index (Phi) is 7.72. The van der Waals surface area contributed by atoms with Crippen LogP contribution in [0.25, 0.3) is 0 Å². The first-order valence-electron chi connectivity index (χ1n) is 9.52. The molecule has 1 aliphatic heterocycles. The number of anilines is 1. The fraction of sp³-hybridized carbons (Fsp3) is 0.500. The summed E-state index contributed by atoms with van der Waals surface area (Å²) in [6, 6.07) is 6.86. The van der Waals surface area contributed by atoms with Crippen molar-refractivity contribution < 1.29 is 23.9 Å². The molecule has 1 heterocycles. The van der Waals surface area contributed by atoms with Crippen molar-refractivity contribution >= 4 is 29.4 Å².